The summed E-state index contributed by atoms with van der Waals surface area (Å²) >= 11 is 0. The minimum absolute atomic E-state index is 0.257. The number of hydrogen-bond acceptors (Lipinski definition) is 2. The highest BCUT2D eigenvalue weighted by molar-refractivity contribution is 4.81. The molecule has 2 nitrogen and oxygen atoms in total. The van der Waals surface area contributed by atoms with Crippen LogP contribution in [0.15, 0.2) is 0 Å². The third-order valence-electron chi connectivity index (χ3n) is 3.21. The molecule has 1 saturated carbocycles. The van der Waals surface area contributed by atoms with Crippen LogP contribution in [-0.4, -0.2) is 23.8 Å². The Kier molecular flexibility index (Phi) is 4.74. The molecule has 0 amide bonds. The lowest BCUT2D eigenvalue weighted by atomic mass is 9.82. The Balaban J connectivity index is 2.35. The number of aliphatic hydroxyl groups excluding tert-OH is 1. The Morgan fingerprint density at radius 2 is 2.08 bits per heavy atom. The van der Waals surface area contributed by atoms with E-state index in [0.717, 1.165) is 5.92 Å². The van der Waals surface area contributed by atoms with Crippen LogP contribution in [0.1, 0.15) is 46.0 Å². The van der Waals surface area contributed by atoms with Crippen LogP contribution in [0.3, 0.4) is 0 Å². The predicted octanol–water partition coefficient (Wildman–Crippen LogP) is 1.93. The lowest BCUT2D eigenvalue weighted by Gasteiger charge is -2.33. The van der Waals surface area contributed by atoms with E-state index in [2.05, 4.69) is 19.2 Å². The fraction of sp³-hybridized carbons (Fsp3) is 1.00. The molecular formula is C11H23NO. The molecule has 0 saturated heterocycles. The molecule has 13 heavy (non-hydrogen) atoms. The molecule has 1 aliphatic rings. The van der Waals surface area contributed by atoms with E-state index >= 15 is 0 Å². The smallest absolute Gasteiger partial charge is 0.0582 e. The molecular weight excluding hydrogens is 162 g/mol. The average Bonchev–Trinajstić information content (AvgIpc) is 2.18. The van der Waals surface area contributed by atoms with Crippen molar-refractivity contribution in [2.24, 2.45) is 5.92 Å². The molecule has 0 radical (unpaired) electrons. The summed E-state index contributed by atoms with van der Waals surface area (Å²) in [5, 5.41) is 12.5. The highest BCUT2D eigenvalue weighted by atomic mass is 16.3. The molecule has 1 rings (SSSR count). The van der Waals surface area contributed by atoms with Crippen molar-refractivity contribution in [3.63, 3.8) is 0 Å². The zero-order valence-electron chi connectivity index (χ0n) is 8.92. The summed E-state index contributed by atoms with van der Waals surface area (Å²) in [6, 6.07) is 0.915. The van der Waals surface area contributed by atoms with Crippen LogP contribution in [0.2, 0.25) is 0 Å². The summed E-state index contributed by atoms with van der Waals surface area (Å²) in [6.07, 6.45) is 6.68. The van der Waals surface area contributed by atoms with Crippen molar-refractivity contribution < 1.29 is 5.11 Å². The molecule has 0 heterocycles. The molecule has 0 aromatic heterocycles. The van der Waals surface area contributed by atoms with E-state index in [-0.39, 0.29) is 12.6 Å². The monoisotopic (exact) mass is 185 g/mol. The van der Waals surface area contributed by atoms with Gasteiger partial charge in [0.05, 0.1) is 6.61 Å². The van der Waals surface area contributed by atoms with Crippen LogP contribution in [-0.2, 0) is 0 Å². The van der Waals surface area contributed by atoms with Crippen molar-refractivity contribution >= 4 is 0 Å². The van der Waals surface area contributed by atoms with Gasteiger partial charge in [-0.25, -0.2) is 0 Å². The first-order chi connectivity index (χ1) is 6.27. The van der Waals surface area contributed by atoms with Gasteiger partial charge in [-0.05, 0) is 25.7 Å². The molecule has 0 aromatic carbocycles. The normalized spacial score (nSPS) is 31.6. The minimum atomic E-state index is 0.257. The molecule has 0 aliphatic heterocycles. The second kappa shape index (κ2) is 5.61. The van der Waals surface area contributed by atoms with Crippen LogP contribution < -0.4 is 5.32 Å². The topological polar surface area (TPSA) is 32.3 Å². The van der Waals surface area contributed by atoms with Gasteiger partial charge >= 0.3 is 0 Å². The lowest BCUT2D eigenvalue weighted by molar-refractivity contribution is 0.194. The van der Waals surface area contributed by atoms with Crippen LogP contribution in [0, 0.1) is 5.92 Å². The van der Waals surface area contributed by atoms with Crippen LogP contribution >= 0.6 is 0 Å². The van der Waals surface area contributed by atoms with Crippen molar-refractivity contribution in [1.82, 2.24) is 5.32 Å². The summed E-state index contributed by atoms with van der Waals surface area (Å²) in [6.45, 7) is 4.59. The van der Waals surface area contributed by atoms with E-state index < -0.39 is 0 Å². The van der Waals surface area contributed by atoms with E-state index in [1.807, 2.05) is 0 Å². The van der Waals surface area contributed by atoms with E-state index in [4.69, 9.17) is 5.11 Å². The maximum Gasteiger partial charge on any atom is 0.0582 e. The van der Waals surface area contributed by atoms with Crippen LogP contribution in [0.4, 0.5) is 0 Å². The summed E-state index contributed by atoms with van der Waals surface area (Å²) < 4.78 is 0. The summed E-state index contributed by atoms with van der Waals surface area (Å²) in [5.74, 6) is 0.836. The Labute approximate surface area is 81.7 Å². The van der Waals surface area contributed by atoms with Gasteiger partial charge in [-0.2, -0.15) is 0 Å². The summed E-state index contributed by atoms with van der Waals surface area (Å²) in [5.41, 5.74) is 0. The molecule has 1 aliphatic carbocycles. The van der Waals surface area contributed by atoms with Crippen molar-refractivity contribution in [2.45, 2.75) is 58.0 Å². The third kappa shape index (κ3) is 3.28. The Bertz CT molecular complexity index is 138. The number of nitrogens with one attached hydrogen (secondary N) is 1. The largest absolute Gasteiger partial charge is 0.395 e. The van der Waals surface area contributed by atoms with Gasteiger partial charge in [0.15, 0.2) is 0 Å². The molecule has 0 bridgehead atoms. The Morgan fingerprint density at radius 1 is 1.38 bits per heavy atom. The molecule has 2 heteroatoms. The standard InChI is InChI=1S/C11H23NO/c1-3-10-6-4-5-7-11(10)12-9(2)8-13/h9-13H,3-8H2,1-2H3/t9-,10-,11-/m0/s1. The van der Waals surface area contributed by atoms with Crippen molar-refractivity contribution in [1.29, 1.82) is 0 Å². The van der Waals surface area contributed by atoms with Gasteiger partial charge in [-0.1, -0.05) is 26.2 Å². The van der Waals surface area contributed by atoms with E-state index in [0.29, 0.717) is 6.04 Å². The number of rotatable bonds is 4. The fourth-order valence-corrected chi connectivity index (χ4v) is 2.33. The maximum atomic E-state index is 8.96. The molecule has 1 fully saturated rings. The molecule has 3 atom stereocenters. The van der Waals surface area contributed by atoms with Crippen molar-refractivity contribution in [2.75, 3.05) is 6.61 Å². The van der Waals surface area contributed by atoms with Crippen molar-refractivity contribution in [3.05, 3.63) is 0 Å². The average molecular weight is 185 g/mol. The molecule has 0 unspecified atom stereocenters. The van der Waals surface area contributed by atoms with E-state index in [1.54, 1.807) is 0 Å². The van der Waals surface area contributed by atoms with Gasteiger partial charge in [0.25, 0.3) is 0 Å². The highest BCUT2D eigenvalue weighted by Gasteiger charge is 2.24. The third-order valence-corrected chi connectivity index (χ3v) is 3.21. The molecule has 78 valence electrons. The first-order valence-corrected chi connectivity index (χ1v) is 5.64. The minimum Gasteiger partial charge on any atom is -0.395 e. The first kappa shape index (κ1) is 11.0. The first-order valence-electron chi connectivity index (χ1n) is 5.64. The van der Waals surface area contributed by atoms with Crippen molar-refractivity contribution in [3.8, 4) is 0 Å². The second-order valence-corrected chi connectivity index (χ2v) is 4.31. The quantitative estimate of drug-likeness (QED) is 0.701. The summed E-state index contributed by atoms with van der Waals surface area (Å²) in [7, 11) is 0. The van der Waals surface area contributed by atoms with Gasteiger partial charge in [0.2, 0.25) is 0 Å². The fourth-order valence-electron chi connectivity index (χ4n) is 2.33. The van der Waals surface area contributed by atoms with E-state index in [9.17, 15) is 0 Å². The number of hydrogen-bond donors (Lipinski definition) is 2. The Morgan fingerprint density at radius 3 is 2.69 bits per heavy atom. The maximum absolute atomic E-state index is 8.96. The van der Waals surface area contributed by atoms with Gasteiger partial charge in [0, 0.05) is 12.1 Å². The van der Waals surface area contributed by atoms with Crippen LogP contribution in [0.25, 0.3) is 0 Å². The highest BCUT2D eigenvalue weighted by Crippen LogP contribution is 2.26. The van der Waals surface area contributed by atoms with E-state index in [1.165, 1.54) is 32.1 Å². The predicted molar refractivity (Wildman–Crippen MR) is 55.7 cm³/mol. The Hall–Kier alpha value is -0.0800. The molecule has 0 aromatic rings. The zero-order valence-corrected chi connectivity index (χ0v) is 8.92. The van der Waals surface area contributed by atoms with Gasteiger partial charge < -0.3 is 10.4 Å². The summed E-state index contributed by atoms with van der Waals surface area (Å²) in [4.78, 5) is 0. The SMILES string of the molecule is CC[C@H]1CCCC[C@@H]1N[C@@H](C)CO. The van der Waals surface area contributed by atoms with Gasteiger partial charge in [0.1, 0.15) is 0 Å². The molecule has 0 spiro atoms. The van der Waals surface area contributed by atoms with Crippen LogP contribution in [0.5, 0.6) is 0 Å². The van der Waals surface area contributed by atoms with Gasteiger partial charge in [-0.3, -0.25) is 0 Å². The van der Waals surface area contributed by atoms with Gasteiger partial charge in [-0.15, -0.1) is 0 Å². The second-order valence-electron chi connectivity index (χ2n) is 4.31. The number of aliphatic hydroxyl groups is 1. The lowest BCUT2D eigenvalue weighted by Crippen LogP contribution is -2.44. The molecule has 2 N–H and O–H groups in total. The zero-order chi connectivity index (χ0) is 9.68.